The van der Waals surface area contributed by atoms with Crippen molar-refractivity contribution < 1.29 is 23.7 Å². The Balaban J connectivity index is 1.85. The molecule has 9 nitrogen and oxygen atoms in total. The number of rotatable bonds is 9. The number of amides is 1. The summed E-state index contributed by atoms with van der Waals surface area (Å²) in [4.78, 5) is 27.2. The van der Waals surface area contributed by atoms with Crippen molar-refractivity contribution in [1.29, 1.82) is 0 Å². The standard InChI is InChI=1S/C26H32N4O5/c1-6-18-14-19(35-16-32-5)15-21(20(18)7-2)30-17(4)23-22(25(30)31)24(28-26(27-23)34-8-3)29-10-9-12-33-13-11-29/h6-7,14-15,17H,1-2,8-13,16H2,3-5H3. The second kappa shape index (κ2) is 10.9. The van der Waals surface area contributed by atoms with E-state index in [1.54, 1.807) is 24.2 Å². The summed E-state index contributed by atoms with van der Waals surface area (Å²) < 4.78 is 22.1. The van der Waals surface area contributed by atoms with Crippen LogP contribution in [-0.4, -0.2) is 62.7 Å². The van der Waals surface area contributed by atoms with Gasteiger partial charge < -0.3 is 23.8 Å². The van der Waals surface area contributed by atoms with Gasteiger partial charge in [0.2, 0.25) is 0 Å². The summed E-state index contributed by atoms with van der Waals surface area (Å²) in [7, 11) is 1.56. The number of fused-ring (bicyclic) bond motifs is 1. The minimum atomic E-state index is -0.365. The molecule has 1 aromatic carbocycles. The lowest BCUT2D eigenvalue weighted by Crippen LogP contribution is -2.31. The normalized spacial score (nSPS) is 17.7. The van der Waals surface area contributed by atoms with Crippen LogP contribution in [0.2, 0.25) is 0 Å². The van der Waals surface area contributed by atoms with Crippen molar-refractivity contribution in [3.05, 3.63) is 47.7 Å². The number of methoxy groups -OCH3 is 1. The van der Waals surface area contributed by atoms with E-state index in [2.05, 4.69) is 28.0 Å². The smallest absolute Gasteiger partial charge is 0.318 e. The molecule has 35 heavy (non-hydrogen) atoms. The van der Waals surface area contributed by atoms with Gasteiger partial charge in [-0.15, -0.1) is 0 Å². The summed E-state index contributed by atoms with van der Waals surface area (Å²) in [5, 5.41) is 0. The molecule has 1 unspecified atom stereocenters. The number of carbonyl (C=O) groups excluding carboxylic acids is 1. The van der Waals surface area contributed by atoms with E-state index in [0.29, 0.717) is 54.9 Å². The highest BCUT2D eigenvalue weighted by atomic mass is 16.7. The highest BCUT2D eigenvalue weighted by molar-refractivity contribution is 6.14. The van der Waals surface area contributed by atoms with Gasteiger partial charge in [-0.25, -0.2) is 0 Å². The van der Waals surface area contributed by atoms with E-state index in [0.717, 1.165) is 24.1 Å². The van der Waals surface area contributed by atoms with Gasteiger partial charge in [0.15, 0.2) is 6.79 Å². The molecule has 2 aliphatic rings. The molecule has 0 aliphatic carbocycles. The van der Waals surface area contributed by atoms with Gasteiger partial charge in [0.25, 0.3) is 5.91 Å². The molecule has 1 aromatic heterocycles. The SMILES string of the molecule is C=Cc1cc(OCOC)cc(N2C(=O)c3c(nc(OCC)nc3N3CCCOCC3)C2C)c1C=C. The summed E-state index contributed by atoms with van der Waals surface area (Å²) in [6.07, 6.45) is 4.28. The van der Waals surface area contributed by atoms with Crippen molar-refractivity contribution in [2.45, 2.75) is 26.3 Å². The molecule has 0 N–H and O–H groups in total. The highest BCUT2D eigenvalue weighted by Crippen LogP contribution is 2.44. The number of hydrogen-bond donors (Lipinski definition) is 0. The van der Waals surface area contributed by atoms with Gasteiger partial charge in [0, 0.05) is 38.4 Å². The van der Waals surface area contributed by atoms with Gasteiger partial charge >= 0.3 is 6.01 Å². The van der Waals surface area contributed by atoms with Crippen molar-refractivity contribution in [2.24, 2.45) is 0 Å². The molecule has 2 aromatic rings. The fraction of sp³-hybridized carbons (Fsp3) is 0.423. The molecule has 2 aliphatic heterocycles. The van der Waals surface area contributed by atoms with E-state index >= 15 is 0 Å². The Morgan fingerprint density at radius 1 is 1.17 bits per heavy atom. The largest absolute Gasteiger partial charge is 0.467 e. The summed E-state index contributed by atoms with van der Waals surface area (Å²) in [5.41, 5.74) is 3.35. The predicted octanol–water partition coefficient (Wildman–Crippen LogP) is 4.09. The molecule has 1 amide bonds. The summed E-state index contributed by atoms with van der Waals surface area (Å²) in [6.45, 7) is 14.9. The van der Waals surface area contributed by atoms with Gasteiger partial charge in [-0.2, -0.15) is 9.97 Å². The monoisotopic (exact) mass is 480 g/mol. The first-order valence-electron chi connectivity index (χ1n) is 11.8. The number of nitrogens with zero attached hydrogens (tertiary/aromatic N) is 4. The van der Waals surface area contributed by atoms with E-state index in [4.69, 9.17) is 18.9 Å². The quantitative estimate of drug-likeness (QED) is 0.496. The third-order valence-electron chi connectivity index (χ3n) is 6.10. The molecular weight excluding hydrogens is 448 g/mol. The van der Waals surface area contributed by atoms with Gasteiger partial charge in [-0.1, -0.05) is 25.3 Å². The van der Waals surface area contributed by atoms with Crippen molar-refractivity contribution in [3.63, 3.8) is 0 Å². The molecule has 1 fully saturated rings. The number of anilines is 2. The Hall–Kier alpha value is -3.43. The van der Waals surface area contributed by atoms with Crippen LogP contribution in [0.3, 0.4) is 0 Å². The Labute approximate surface area is 206 Å². The molecular formula is C26H32N4O5. The first-order chi connectivity index (χ1) is 17.0. The molecule has 4 rings (SSSR count). The lowest BCUT2D eigenvalue weighted by Gasteiger charge is -2.25. The second-order valence-corrected chi connectivity index (χ2v) is 8.23. The minimum Gasteiger partial charge on any atom is -0.467 e. The fourth-order valence-corrected chi connectivity index (χ4v) is 4.50. The van der Waals surface area contributed by atoms with Gasteiger partial charge in [0.05, 0.1) is 30.6 Å². The molecule has 1 atom stereocenters. The predicted molar refractivity (Wildman–Crippen MR) is 135 cm³/mol. The number of carbonyl (C=O) groups is 1. The molecule has 0 bridgehead atoms. The maximum absolute atomic E-state index is 14.0. The molecule has 0 radical (unpaired) electrons. The maximum Gasteiger partial charge on any atom is 0.318 e. The number of ether oxygens (including phenoxy) is 4. The van der Waals surface area contributed by atoms with Crippen LogP contribution in [0, 0.1) is 0 Å². The third-order valence-corrected chi connectivity index (χ3v) is 6.10. The van der Waals surface area contributed by atoms with Gasteiger partial charge in [0.1, 0.15) is 17.1 Å². The van der Waals surface area contributed by atoms with Crippen LogP contribution in [-0.2, 0) is 9.47 Å². The van der Waals surface area contributed by atoms with Crippen LogP contribution in [0.1, 0.15) is 53.5 Å². The average molecular weight is 481 g/mol. The third kappa shape index (κ3) is 4.74. The lowest BCUT2D eigenvalue weighted by molar-refractivity contribution is 0.0511. The fourth-order valence-electron chi connectivity index (χ4n) is 4.50. The summed E-state index contributed by atoms with van der Waals surface area (Å²) in [5.74, 6) is 0.959. The van der Waals surface area contributed by atoms with Gasteiger partial charge in [-0.05, 0) is 31.9 Å². The molecule has 0 saturated carbocycles. The van der Waals surface area contributed by atoms with E-state index in [1.807, 2.05) is 26.0 Å². The van der Waals surface area contributed by atoms with Crippen molar-refractivity contribution in [3.8, 4) is 11.8 Å². The number of aromatic nitrogens is 2. The number of benzene rings is 1. The Morgan fingerprint density at radius 2 is 2.00 bits per heavy atom. The molecule has 0 spiro atoms. The maximum atomic E-state index is 14.0. The first kappa shape index (κ1) is 24.7. The Kier molecular flexibility index (Phi) is 7.67. The molecule has 1 saturated heterocycles. The van der Waals surface area contributed by atoms with E-state index < -0.39 is 0 Å². The zero-order chi connectivity index (χ0) is 24.9. The van der Waals surface area contributed by atoms with E-state index in [9.17, 15) is 4.79 Å². The molecule has 186 valence electrons. The van der Waals surface area contributed by atoms with E-state index in [-0.39, 0.29) is 24.8 Å². The van der Waals surface area contributed by atoms with E-state index in [1.165, 1.54) is 0 Å². The number of hydrogen-bond acceptors (Lipinski definition) is 8. The van der Waals surface area contributed by atoms with Crippen molar-refractivity contribution in [2.75, 3.05) is 56.6 Å². The van der Waals surface area contributed by atoms with Crippen LogP contribution < -0.4 is 19.3 Å². The Bertz CT molecular complexity index is 1110. The lowest BCUT2D eigenvalue weighted by atomic mass is 10.0. The van der Waals surface area contributed by atoms with Crippen LogP contribution in [0.15, 0.2) is 25.3 Å². The molecule has 9 heteroatoms. The zero-order valence-electron chi connectivity index (χ0n) is 20.6. The average Bonchev–Trinajstić information content (AvgIpc) is 3.04. The second-order valence-electron chi connectivity index (χ2n) is 8.23. The first-order valence-corrected chi connectivity index (χ1v) is 11.8. The van der Waals surface area contributed by atoms with Crippen LogP contribution in [0.4, 0.5) is 11.5 Å². The molecule has 3 heterocycles. The topological polar surface area (TPSA) is 86.2 Å². The minimum absolute atomic E-state index is 0.0809. The summed E-state index contributed by atoms with van der Waals surface area (Å²) >= 11 is 0. The van der Waals surface area contributed by atoms with Crippen LogP contribution >= 0.6 is 0 Å². The Morgan fingerprint density at radius 3 is 2.71 bits per heavy atom. The zero-order valence-corrected chi connectivity index (χ0v) is 20.6. The van der Waals surface area contributed by atoms with Crippen molar-refractivity contribution >= 4 is 29.6 Å². The van der Waals surface area contributed by atoms with Crippen LogP contribution in [0.5, 0.6) is 11.8 Å². The summed E-state index contributed by atoms with van der Waals surface area (Å²) in [6, 6.07) is 3.57. The highest BCUT2D eigenvalue weighted by Gasteiger charge is 2.42. The van der Waals surface area contributed by atoms with Crippen molar-refractivity contribution in [1.82, 2.24) is 9.97 Å². The van der Waals surface area contributed by atoms with Crippen LogP contribution in [0.25, 0.3) is 12.2 Å². The van der Waals surface area contributed by atoms with Gasteiger partial charge in [-0.3, -0.25) is 9.69 Å².